The van der Waals surface area contributed by atoms with E-state index < -0.39 is 23.4 Å². The van der Waals surface area contributed by atoms with Crippen LogP contribution >= 0.6 is 0 Å². The summed E-state index contributed by atoms with van der Waals surface area (Å²) >= 11 is 0. The molecule has 2 aromatic carbocycles. The zero-order valence-corrected chi connectivity index (χ0v) is 10.6. The van der Waals surface area contributed by atoms with E-state index in [9.17, 15) is 22.0 Å². The first-order chi connectivity index (χ1) is 9.84. The summed E-state index contributed by atoms with van der Waals surface area (Å²) in [6.45, 7) is 0. The molecule has 0 radical (unpaired) electrons. The maximum absolute atomic E-state index is 13.2. The van der Waals surface area contributed by atoms with Gasteiger partial charge in [-0.2, -0.15) is 13.2 Å². The molecule has 1 unspecified atom stereocenters. The summed E-state index contributed by atoms with van der Waals surface area (Å²) in [5.41, 5.74) is 0.880. The number of hydrogen-bond acceptors (Lipinski definition) is 1. The van der Waals surface area contributed by atoms with Crippen LogP contribution in [0.15, 0.2) is 36.4 Å². The molecule has 1 nitrogen and oxygen atoms in total. The third-order valence-corrected chi connectivity index (χ3v) is 3.53. The number of anilines is 1. The highest BCUT2D eigenvalue weighted by atomic mass is 19.4. The maximum Gasteiger partial charge on any atom is 0.416 e. The topological polar surface area (TPSA) is 12.0 Å². The second-order valence-electron chi connectivity index (χ2n) is 4.94. The van der Waals surface area contributed by atoms with E-state index >= 15 is 0 Å². The number of halogens is 5. The van der Waals surface area contributed by atoms with Gasteiger partial charge in [-0.1, -0.05) is 6.07 Å². The van der Waals surface area contributed by atoms with Crippen LogP contribution in [0.2, 0.25) is 0 Å². The molecule has 21 heavy (non-hydrogen) atoms. The van der Waals surface area contributed by atoms with Gasteiger partial charge in [0.25, 0.3) is 0 Å². The lowest BCUT2D eigenvalue weighted by Gasteiger charge is -2.11. The van der Waals surface area contributed by atoms with E-state index in [1.165, 1.54) is 12.1 Å². The number of alkyl halides is 3. The molecule has 1 heterocycles. The standard InChI is InChI=1S/C15H10F5N/c16-11-3-1-8(6-12(11)17)14-7-9-5-10(15(18,19)20)2-4-13(9)21-14/h1-6,14,21H,7H2. The van der Waals surface area contributed by atoms with Crippen LogP contribution in [0.3, 0.4) is 0 Å². The number of benzene rings is 2. The first kappa shape index (κ1) is 13.9. The molecule has 3 rings (SSSR count). The molecular formula is C15H10F5N. The van der Waals surface area contributed by atoms with Gasteiger partial charge in [0.15, 0.2) is 11.6 Å². The van der Waals surface area contributed by atoms with Gasteiger partial charge < -0.3 is 5.32 Å². The fraction of sp³-hybridized carbons (Fsp3) is 0.200. The molecule has 0 saturated heterocycles. The Kier molecular flexibility index (Phi) is 3.11. The maximum atomic E-state index is 13.2. The average molecular weight is 299 g/mol. The highest BCUT2D eigenvalue weighted by Crippen LogP contribution is 2.38. The van der Waals surface area contributed by atoms with E-state index in [-0.39, 0.29) is 6.04 Å². The summed E-state index contributed by atoms with van der Waals surface area (Å²) in [6.07, 6.45) is -4.10. The summed E-state index contributed by atoms with van der Waals surface area (Å²) in [6, 6.07) is 6.57. The Balaban J connectivity index is 1.89. The molecule has 0 bridgehead atoms. The van der Waals surface area contributed by atoms with Crippen molar-refractivity contribution in [2.24, 2.45) is 0 Å². The van der Waals surface area contributed by atoms with Crippen LogP contribution in [-0.4, -0.2) is 0 Å². The Labute approximate surface area is 117 Å². The summed E-state index contributed by atoms with van der Waals surface area (Å²) < 4.78 is 64.1. The quantitative estimate of drug-likeness (QED) is 0.753. The minimum atomic E-state index is -4.39. The van der Waals surface area contributed by atoms with Gasteiger partial charge >= 0.3 is 6.18 Å². The van der Waals surface area contributed by atoms with Crippen molar-refractivity contribution < 1.29 is 22.0 Å². The van der Waals surface area contributed by atoms with Gasteiger partial charge in [-0.3, -0.25) is 0 Å². The van der Waals surface area contributed by atoms with Gasteiger partial charge in [-0.25, -0.2) is 8.78 Å². The van der Waals surface area contributed by atoms with E-state index in [4.69, 9.17) is 0 Å². The Morgan fingerprint density at radius 2 is 1.71 bits per heavy atom. The fourth-order valence-electron chi connectivity index (χ4n) is 2.47. The first-order valence-electron chi connectivity index (χ1n) is 6.26. The Bertz CT molecular complexity index is 693. The molecule has 0 aliphatic carbocycles. The monoisotopic (exact) mass is 299 g/mol. The second kappa shape index (κ2) is 4.72. The molecule has 1 aliphatic rings. The van der Waals surface area contributed by atoms with Crippen LogP contribution < -0.4 is 5.32 Å². The zero-order chi connectivity index (χ0) is 15.2. The van der Waals surface area contributed by atoms with Crippen molar-refractivity contribution in [3.8, 4) is 0 Å². The predicted molar refractivity (Wildman–Crippen MR) is 67.9 cm³/mol. The molecule has 0 amide bonds. The van der Waals surface area contributed by atoms with Crippen molar-refractivity contribution in [3.63, 3.8) is 0 Å². The highest BCUT2D eigenvalue weighted by molar-refractivity contribution is 5.59. The third-order valence-electron chi connectivity index (χ3n) is 3.53. The summed E-state index contributed by atoms with van der Waals surface area (Å²) in [5.74, 6) is -1.92. The fourth-order valence-corrected chi connectivity index (χ4v) is 2.47. The Morgan fingerprint density at radius 1 is 0.952 bits per heavy atom. The van der Waals surface area contributed by atoms with Crippen molar-refractivity contribution in [3.05, 3.63) is 64.7 Å². The van der Waals surface area contributed by atoms with Crippen molar-refractivity contribution >= 4 is 5.69 Å². The van der Waals surface area contributed by atoms with Crippen LogP contribution in [0.1, 0.15) is 22.7 Å². The van der Waals surface area contributed by atoms with E-state index in [0.717, 1.165) is 24.3 Å². The van der Waals surface area contributed by atoms with Crippen molar-refractivity contribution in [1.82, 2.24) is 0 Å². The van der Waals surface area contributed by atoms with E-state index in [1.807, 2.05) is 0 Å². The Hall–Kier alpha value is -2.11. The molecule has 6 heteroatoms. The predicted octanol–water partition coefficient (Wildman–Crippen LogP) is 4.69. The zero-order valence-electron chi connectivity index (χ0n) is 10.6. The molecule has 1 N–H and O–H groups in total. The summed E-state index contributed by atoms with van der Waals surface area (Å²) in [4.78, 5) is 0. The minimum absolute atomic E-state index is 0.296. The van der Waals surface area contributed by atoms with Crippen LogP contribution in [0.25, 0.3) is 0 Å². The smallest absolute Gasteiger partial charge is 0.378 e. The van der Waals surface area contributed by atoms with Crippen molar-refractivity contribution in [2.45, 2.75) is 18.6 Å². The lowest BCUT2D eigenvalue weighted by atomic mass is 10.0. The number of fused-ring (bicyclic) bond motifs is 1. The second-order valence-corrected chi connectivity index (χ2v) is 4.94. The Morgan fingerprint density at radius 3 is 2.38 bits per heavy atom. The molecule has 0 spiro atoms. The number of nitrogens with one attached hydrogen (secondary N) is 1. The SMILES string of the molecule is Fc1ccc(C2Cc3cc(C(F)(F)F)ccc3N2)cc1F. The van der Waals surface area contributed by atoms with Gasteiger partial charge in [-0.15, -0.1) is 0 Å². The summed E-state index contributed by atoms with van der Waals surface area (Å²) in [7, 11) is 0. The van der Waals surface area contributed by atoms with Gasteiger partial charge in [0, 0.05) is 5.69 Å². The van der Waals surface area contributed by atoms with Gasteiger partial charge in [0.2, 0.25) is 0 Å². The van der Waals surface area contributed by atoms with E-state index in [0.29, 0.717) is 23.2 Å². The molecule has 0 saturated carbocycles. The van der Waals surface area contributed by atoms with E-state index in [1.54, 1.807) is 0 Å². The minimum Gasteiger partial charge on any atom is -0.378 e. The van der Waals surface area contributed by atoms with Crippen LogP contribution in [-0.2, 0) is 12.6 Å². The van der Waals surface area contributed by atoms with Crippen molar-refractivity contribution in [1.29, 1.82) is 0 Å². The highest BCUT2D eigenvalue weighted by Gasteiger charge is 2.32. The average Bonchev–Trinajstić information content (AvgIpc) is 2.83. The molecule has 2 aromatic rings. The normalized spacial score (nSPS) is 17.5. The van der Waals surface area contributed by atoms with Crippen molar-refractivity contribution in [2.75, 3.05) is 5.32 Å². The third kappa shape index (κ3) is 2.57. The first-order valence-corrected chi connectivity index (χ1v) is 6.26. The van der Waals surface area contributed by atoms with Gasteiger partial charge in [-0.05, 0) is 47.9 Å². The van der Waals surface area contributed by atoms with Crippen LogP contribution in [0, 0.1) is 11.6 Å². The molecule has 1 aliphatic heterocycles. The van der Waals surface area contributed by atoms with Crippen LogP contribution in [0.5, 0.6) is 0 Å². The lowest BCUT2D eigenvalue weighted by Crippen LogP contribution is -2.06. The molecule has 1 atom stereocenters. The summed E-state index contributed by atoms with van der Waals surface area (Å²) in [5, 5.41) is 3.02. The molecule has 0 aromatic heterocycles. The van der Waals surface area contributed by atoms with Crippen LogP contribution in [0.4, 0.5) is 27.6 Å². The molecule has 0 fully saturated rings. The lowest BCUT2D eigenvalue weighted by molar-refractivity contribution is -0.137. The van der Waals surface area contributed by atoms with Gasteiger partial charge in [0.1, 0.15) is 0 Å². The molecule has 110 valence electrons. The molecular weight excluding hydrogens is 289 g/mol. The van der Waals surface area contributed by atoms with Gasteiger partial charge in [0.05, 0.1) is 11.6 Å². The van der Waals surface area contributed by atoms with E-state index in [2.05, 4.69) is 5.32 Å². The number of rotatable bonds is 1. The largest absolute Gasteiger partial charge is 0.416 e. The number of hydrogen-bond donors (Lipinski definition) is 1.